The van der Waals surface area contributed by atoms with Gasteiger partial charge in [-0.25, -0.2) is 4.79 Å². The highest BCUT2D eigenvalue weighted by Gasteiger charge is 2.28. The summed E-state index contributed by atoms with van der Waals surface area (Å²) in [6.07, 6.45) is -0.199. The first-order valence-corrected chi connectivity index (χ1v) is 9.30. The molecule has 9 heteroatoms. The number of nitrogens with zero attached hydrogens (tertiary/aromatic N) is 2. The molecule has 0 saturated heterocycles. The van der Waals surface area contributed by atoms with Crippen LogP contribution in [-0.2, 0) is 22.5 Å². The van der Waals surface area contributed by atoms with E-state index in [1.807, 2.05) is 11.4 Å². The quantitative estimate of drug-likeness (QED) is 0.479. The van der Waals surface area contributed by atoms with Crippen molar-refractivity contribution in [3.8, 4) is 0 Å². The van der Waals surface area contributed by atoms with Crippen LogP contribution in [-0.4, -0.2) is 41.4 Å². The minimum atomic E-state index is -0.985. The molecule has 1 amide bonds. The summed E-state index contributed by atoms with van der Waals surface area (Å²) < 4.78 is 5.31. The number of hydrogen-bond donors (Lipinski definition) is 1. The van der Waals surface area contributed by atoms with Gasteiger partial charge in [0.15, 0.2) is 6.10 Å². The molecule has 0 radical (unpaired) electrons. The van der Waals surface area contributed by atoms with E-state index in [-0.39, 0.29) is 17.2 Å². The Hall–Kier alpha value is -2.94. The van der Waals surface area contributed by atoms with Gasteiger partial charge >= 0.3 is 5.97 Å². The molecule has 1 N–H and O–H groups in total. The molecule has 0 fully saturated rings. The molecule has 2 aromatic rings. The third-order valence-corrected chi connectivity index (χ3v) is 5.48. The molecular formula is C18H19N3O5S. The topological polar surface area (TPSA) is 102 Å². The Balaban J connectivity index is 1.71. The Labute approximate surface area is 159 Å². The summed E-state index contributed by atoms with van der Waals surface area (Å²) in [4.78, 5) is 38.5. The van der Waals surface area contributed by atoms with Gasteiger partial charge in [-0.1, -0.05) is 0 Å². The number of nitro groups is 1. The Morgan fingerprint density at radius 1 is 1.37 bits per heavy atom. The molecule has 8 nitrogen and oxygen atoms in total. The van der Waals surface area contributed by atoms with Gasteiger partial charge in [0, 0.05) is 42.8 Å². The van der Waals surface area contributed by atoms with Crippen molar-refractivity contribution in [1.29, 1.82) is 0 Å². The number of amides is 1. The number of ether oxygens (including phenoxy) is 1. The molecule has 0 saturated carbocycles. The lowest BCUT2D eigenvalue weighted by Crippen LogP contribution is -2.42. The van der Waals surface area contributed by atoms with Crippen molar-refractivity contribution in [3.63, 3.8) is 0 Å². The van der Waals surface area contributed by atoms with Crippen molar-refractivity contribution in [2.75, 3.05) is 18.9 Å². The number of anilines is 1. The maximum Gasteiger partial charge on any atom is 0.341 e. The van der Waals surface area contributed by atoms with Gasteiger partial charge in [0.2, 0.25) is 0 Å². The number of esters is 1. The number of carbonyl (C=O) groups excluding carboxylic acids is 2. The molecule has 0 aliphatic carbocycles. The number of nitro benzene ring substituents is 1. The van der Waals surface area contributed by atoms with E-state index in [4.69, 9.17) is 4.74 Å². The molecule has 27 heavy (non-hydrogen) atoms. The largest absolute Gasteiger partial charge is 0.449 e. The highest BCUT2D eigenvalue weighted by atomic mass is 32.1. The first-order chi connectivity index (χ1) is 12.9. The second kappa shape index (κ2) is 7.75. The van der Waals surface area contributed by atoms with Gasteiger partial charge in [-0.2, -0.15) is 0 Å². The molecule has 1 atom stereocenters. The van der Waals surface area contributed by atoms with Crippen LogP contribution in [0.3, 0.4) is 0 Å². The van der Waals surface area contributed by atoms with Gasteiger partial charge in [-0.15, -0.1) is 11.3 Å². The second-order valence-electron chi connectivity index (χ2n) is 6.16. The minimum Gasteiger partial charge on any atom is -0.449 e. The second-order valence-corrected chi connectivity index (χ2v) is 7.16. The highest BCUT2D eigenvalue weighted by Crippen LogP contribution is 2.26. The third-order valence-electron chi connectivity index (χ3n) is 4.45. The number of hydrogen-bond acceptors (Lipinski definition) is 7. The standard InChI is InChI=1S/C18H19N3O5S/c1-11(17(22)20-7-5-16-12(10-20)6-8-27-16)26-18(23)14-9-13(21(24)25)3-4-15(14)19-2/h3-4,6,8-9,11,19H,5,7,10H2,1-2H3. The Bertz CT molecular complexity index is 895. The number of nitrogens with one attached hydrogen (secondary N) is 1. The van der Waals surface area contributed by atoms with Crippen molar-refractivity contribution in [1.82, 2.24) is 4.90 Å². The fourth-order valence-corrected chi connectivity index (χ4v) is 3.89. The van der Waals surface area contributed by atoms with E-state index in [9.17, 15) is 19.7 Å². The highest BCUT2D eigenvalue weighted by molar-refractivity contribution is 7.10. The number of rotatable bonds is 5. The van der Waals surface area contributed by atoms with Crippen LogP contribution in [0.25, 0.3) is 0 Å². The maximum atomic E-state index is 12.7. The molecule has 0 spiro atoms. The predicted molar refractivity (Wildman–Crippen MR) is 101 cm³/mol. The fourth-order valence-electron chi connectivity index (χ4n) is 3.00. The average molecular weight is 389 g/mol. The summed E-state index contributed by atoms with van der Waals surface area (Å²) >= 11 is 1.68. The summed E-state index contributed by atoms with van der Waals surface area (Å²) in [6, 6.07) is 5.87. The molecule has 142 valence electrons. The molecule has 0 bridgehead atoms. The monoisotopic (exact) mass is 389 g/mol. The van der Waals surface area contributed by atoms with Gasteiger partial charge in [0.05, 0.1) is 10.5 Å². The average Bonchev–Trinajstić information content (AvgIpc) is 3.14. The summed E-state index contributed by atoms with van der Waals surface area (Å²) in [6.45, 7) is 2.59. The zero-order valence-electron chi connectivity index (χ0n) is 14.9. The van der Waals surface area contributed by atoms with E-state index >= 15 is 0 Å². The van der Waals surface area contributed by atoms with Crippen molar-refractivity contribution in [2.24, 2.45) is 0 Å². The van der Waals surface area contributed by atoms with Crippen molar-refractivity contribution in [2.45, 2.75) is 26.0 Å². The van der Waals surface area contributed by atoms with Gasteiger partial charge in [0.1, 0.15) is 0 Å². The normalized spacial score (nSPS) is 14.2. The van der Waals surface area contributed by atoms with Gasteiger partial charge in [-0.3, -0.25) is 14.9 Å². The van der Waals surface area contributed by atoms with E-state index in [0.29, 0.717) is 18.8 Å². The van der Waals surface area contributed by atoms with Crippen molar-refractivity contribution >= 4 is 34.6 Å². The SMILES string of the molecule is CNc1ccc([N+](=O)[O-])cc1C(=O)OC(C)C(=O)N1CCc2sccc2C1. The van der Waals surface area contributed by atoms with E-state index in [0.717, 1.165) is 18.1 Å². The Morgan fingerprint density at radius 2 is 2.15 bits per heavy atom. The lowest BCUT2D eigenvalue weighted by molar-refractivity contribution is -0.384. The van der Waals surface area contributed by atoms with E-state index in [1.54, 1.807) is 23.3 Å². The molecule has 1 unspecified atom stereocenters. The number of fused-ring (bicyclic) bond motifs is 1. The van der Waals surface area contributed by atoms with E-state index < -0.39 is 17.0 Å². The van der Waals surface area contributed by atoms with Gasteiger partial charge in [-0.05, 0) is 36.4 Å². The summed E-state index contributed by atoms with van der Waals surface area (Å²) in [5, 5.41) is 15.8. The van der Waals surface area contributed by atoms with Crippen LogP contribution < -0.4 is 5.32 Å². The number of benzene rings is 1. The molecule has 2 heterocycles. The number of carbonyl (C=O) groups is 2. The molecular weight excluding hydrogens is 370 g/mol. The van der Waals surface area contributed by atoms with Gasteiger partial charge in [0.25, 0.3) is 11.6 Å². The van der Waals surface area contributed by atoms with Crippen LogP contribution in [0.4, 0.5) is 11.4 Å². The maximum absolute atomic E-state index is 12.7. The number of thiophene rings is 1. The van der Waals surface area contributed by atoms with Crippen LogP contribution in [0.15, 0.2) is 29.6 Å². The number of non-ortho nitro benzene ring substituents is 1. The zero-order valence-corrected chi connectivity index (χ0v) is 15.7. The van der Waals surface area contributed by atoms with Crippen LogP contribution in [0.2, 0.25) is 0 Å². The van der Waals surface area contributed by atoms with Crippen LogP contribution in [0.5, 0.6) is 0 Å². The molecule has 3 rings (SSSR count). The zero-order chi connectivity index (χ0) is 19.6. The van der Waals surface area contributed by atoms with E-state index in [1.165, 1.54) is 23.9 Å². The van der Waals surface area contributed by atoms with Crippen molar-refractivity contribution < 1.29 is 19.2 Å². The summed E-state index contributed by atoms with van der Waals surface area (Å²) in [5.74, 6) is -1.06. The van der Waals surface area contributed by atoms with Gasteiger partial charge < -0.3 is 15.0 Å². The summed E-state index contributed by atoms with van der Waals surface area (Å²) in [5.41, 5.74) is 1.31. The lowest BCUT2D eigenvalue weighted by Gasteiger charge is -2.29. The molecule has 1 aromatic carbocycles. The first kappa shape index (κ1) is 18.8. The Morgan fingerprint density at radius 3 is 2.85 bits per heavy atom. The third kappa shape index (κ3) is 3.92. The minimum absolute atomic E-state index is 0.0186. The van der Waals surface area contributed by atoms with E-state index in [2.05, 4.69) is 5.32 Å². The van der Waals surface area contributed by atoms with Crippen LogP contribution in [0, 0.1) is 10.1 Å². The molecule has 1 aliphatic rings. The molecule has 1 aliphatic heterocycles. The smallest absolute Gasteiger partial charge is 0.341 e. The fraction of sp³-hybridized carbons (Fsp3) is 0.333. The predicted octanol–water partition coefficient (Wildman–Crippen LogP) is 2.83. The van der Waals surface area contributed by atoms with Crippen LogP contribution in [0.1, 0.15) is 27.7 Å². The molecule has 1 aromatic heterocycles. The van der Waals surface area contributed by atoms with Crippen LogP contribution >= 0.6 is 11.3 Å². The lowest BCUT2D eigenvalue weighted by atomic mass is 10.1. The Kier molecular flexibility index (Phi) is 5.41. The summed E-state index contributed by atoms with van der Waals surface area (Å²) in [7, 11) is 1.60. The van der Waals surface area contributed by atoms with Crippen molar-refractivity contribution in [3.05, 3.63) is 55.8 Å². The first-order valence-electron chi connectivity index (χ1n) is 8.42.